The molecule has 0 saturated heterocycles. The second-order valence-corrected chi connectivity index (χ2v) is 18.8. The van der Waals surface area contributed by atoms with Crippen LogP contribution in [0.2, 0.25) is 0 Å². The van der Waals surface area contributed by atoms with Crippen LogP contribution < -0.4 is 0 Å². The molecule has 0 unspecified atom stereocenters. The zero-order chi connectivity index (χ0) is 34.7. The summed E-state index contributed by atoms with van der Waals surface area (Å²) >= 11 is 0. The van der Waals surface area contributed by atoms with Crippen LogP contribution in [0.1, 0.15) is 195 Å². The van der Waals surface area contributed by atoms with Crippen LogP contribution in [0, 0.1) is 47.3 Å². The highest BCUT2D eigenvalue weighted by molar-refractivity contribution is 5.17. The van der Waals surface area contributed by atoms with E-state index < -0.39 is 0 Å². The Kier molecular flexibility index (Phi) is 15.8. The lowest BCUT2D eigenvalue weighted by Crippen LogP contribution is -2.38. The van der Waals surface area contributed by atoms with Crippen molar-refractivity contribution in [2.75, 3.05) is 26.2 Å². The van der Waals surface area contributed by atoms with E-state index >= 15 is 0 Å². The highest BCUT2D eigenvalue weighted by atomic mass is 15.1. The van der Waals surface area contributed by atoms with Gasteiger partial charge in [0.2, 0.25) is 0 Å². The minimum Gasteiger partial charge on any atom is -0.301 e. The van der Waals surface area contributed by atoms with E-state index in [0.717, 1.165) is 59.4 Å². The van der Waals surface area contributed by atoms with Crippen molar-refractivity contribution in [2.45, 2.75) is 207 Å². The monoisotopic (exact) mass is 689 g/mol. The molecule has 6 aliphatic rings. The van der Waals surface area contributed by atoms with Gasteiger partial charge in [0, 0.05) is 12.1 Å². The van der Waals surface area contributed by atoms with E-state index in [2.05, 4.69) is 49.6 Å². The largest absolute Gasteiger partial charge is 0.301 e. The van der Waals surface area contributed by atoms with E-state index in [0.29, 0.717) is 0 Å². The molecule has 0 aliphatic heterocycles. The Bertz CT molecular complexity index is 909. The third-order valence-electron chi connectivity index (χ3n) is 16.3. The standard InChI is InChI=1S/C48H84N2/c1-5-49(6-2)45-31-27-43(28-32-45)47(41-15-11-9-12-16-41)35-37-19-23-39(24-20-37)40-25-21-38(22-26-40)36-48(42-17-13-10-14-18-42)44-29-33-46(34-30-44)50(7-3)8-4/h35-46H,5-34H2,1-4H3/b47-35-,48-36+. The summed E-state index contributed by atoms with van der Waals surface area (Å²) in [5.41, 5.74) is 3.96. The Morgan fingerprint density at radius 3 is 0.960 bits per heavy atom. The Balaban J connectivity index is 1.01. The topological polar surface area (TPSA) is 6.48 Å². The molecule has 0 spiro atoms. The summed E-state index contributed by atoms with van der Waals surface area (Å²) in [6.45, 7) is 14.4. The van der Waals surface area contributed by atoms with Crippen molar-refractivity contribution in [3.05, 3.63) is 23.3 Å². The molecule has 0 heterocycles. The fourth-order valence-corrected chi connectivity index (χ4v) is 13.2. The maximum atomic E-state index is 2.96. The summed E-state index contributed by atoms with van der Waals surface area (Å²) in [5, 5.41) is 0. The van der Waals surface area contributed by atoms with Crippen LogP contribution in [-0.4, -0.2) is 48.1 Å². The maximum absolute atomic E-state index is 2.96. The van der Waals surface area contributed by atoms with Crippen LogP contribution in [0.15, 0.2) is 23.3 Å². The number of hydrogen-bond acceptors (Lipinski definition) is 2. The van der Waals surface area contributed by atoms with E-state index in [1.54, 1.807) is 0 Å². The van der Waals surface area contributed by atoms with Gasteiger partial charge in [-0.25, -0.2) is 0 Å². The normalized spacial score (nSPS) is 36.3. The highest BCUT2D eigenvalue weighted by Gasteiger charge is 2.35. The molecule has 6 saturated carbocycles. The molecule has 6 fully saturated rings. The van der Waals surface area contributed by atoms with Crippen LogP contribution in [0.4, 0.5) is 0 Å². The third kappa shape index (κ3) is 10.3. The SMILES string of the molecule is CCN(CC)C1CCC(/C(=C\C2CCC(C3CCC(/C=C(\C4CCCCC4)C4CCC(N(CC)CC)CC4)CC3)CC2)C2CCCCC2)CC1. The fourth-order valence-electron chi connectivity index (χ4n) is 13.2. The smallest absolute Gasteiger partial charge is 0.00954 e. The van der Waals surface area contributed by atoms with Gasteiger partial charge < -0.3 is 9.80 Å². The molecular weight excluding hydrogens is 605 g/mol. The zero-order valence-electron chi connectivity index (χ0n) is 34.0. The molecule has 50 heavy (non-hydrogen) atoms. The molecule has 0 radical (unpaired) electrons. The van der Waals surface area contributed by atoms with E-state index in [1.165, 1.54) is 193 Å². The molecule has 0 bridgehead atoms. The van der Waals surface area contributed by atoms with Crippen LogP contribution in [0.3, 0.4) is 0 Å². The second kappa shape index (κ2) is 20.2. The summed E-state index contributed by atoms with van der Waals surface area (Å²) in [5.74, 6) is 7.49. The minimum atomic E-state index is 0.853. The lowest BCUT2D eigenvalue weighted by Gasteiger charge is -2.41. The van der Waals surface area contributed by atoms with Crippen LogP contribution >= 0.6 is 0 Å². The van der Waals surface area contributed by atoms with Gasteiger partial charge in [-0.05, 0) is 202 Å². The van der Waals surface area contributed by atoms with E-state index in [4.69, 9.17) is 0 Å². The van der Waals surface area contributed by atoms with Crippen molar-refractivity contribution in [1.82, 2.24) is 9.80 Å². The summed E-state index contributed by atoms with van der Waals surface area (Å²) in [4.78, 5) is 5.50. The number of hydrogen-bond donors (Lipinski definition) is 0. The summed E-state index contributed by atoms with van der Waals surface area (Å²) < 4.78 is 0. The van der Waals surface area contributed by atoms with E-state index in [9.17, 15) is 0 Å². The lowest BCUT2D eigenvalue weighted by atomic mass is 9.66. The van der Waals surface area contributed by atoms with Crippen LogP contribution in [0.25, 0.3) is 0 Å². The Hall–Kier alpha value is -0.600. The first kappa shape index (κ1) is 39.1. The molecule has 2 heteroatoms. The lowest BCUT2D eigenvalue weighted by molar-refractivity contribution is 0.149. The molecule has 0 aromatic heterocycles. The van der Waals surface area contributed by atoms with Gasteiger partial charge in [0.05, 0.1) is 0 Å². The Morgan fingerprint density at radius 2 is 0.660 bits per heavy atom. The molecule has 0 aromatic rings. The van der Waals surface area contributed by atoms with Crippen molar-refractivity contribution >= 4 is 0 Å². The van der Waals surface area contributed by atoms with Gasteiger partial charge >= 0.3 is 0 Å². The molecule has 0 amide bonds. The predicted octanol–water partition coefficient (Wildman–Crippen LogP) is 13.4. The van der Waals surface area contributed by atoms with Gasteiger partial charge in [0.15, 0.2) is 0 Å². The van der Waals surface area contributed by atoms with Crippen molar-refractivity contribution in [2.24, 2.45) is 47.3 Å². The Morgan fingerprint density at radius 1 is 0.360 bits per heavy atom. The summed E-state index contributed by atoms with van der Waals surface area (Å²) in [7, 11) is 0. The predicted molar refractivity (Wildman–Crippen MR) is 218 cm³/mol. The molecular formula is C48H84N2. The van der Waals surface area contributed by atoms with Crippen molar-refractivity contribution < 1.29 is 0 Å². The number of rotatable bonds is 13. The molecule has 0 aromatic carbocycles. The minimum absolute atomic E-state index is 0.853. The maximum Gasteiger partial charge on any atom is 0.00954 e. The quantitative estimate of drug-likeness (QED) is 0.178. The molecule has 0 atom stereocenters. The van der Waals surface area contributed by atoms with Crippen LogP contribution in [-0.2, 0) is 0 Å². The average molecular weight is 689 g/mol. The van der Waals surface area contributed by atoms with Gasteiger partial charge in [-0.2, -0.15) is 0 Å². The molecule has 6 aliphatic carbocycles. The van der Waals surface area contributed by atoms with E-state index in [-0.39, 0.29) is 0 Å². The molecule has 2 nitrogen and oxygen atoms in total. The number of allylic oxidation sites excluding steroid dienone is 4. The van der Waals surface area contributed by atoms with Crippen molar-refractivity contribution in [1.29, 1.82) is 0 Å². The highest BCUT2D eigenvalue weighted by Crippen LogP contribution is 2.47. The first-order valence-corrected chi connectivity index (χ1v) is 23.5. The Labute approximate surface area is 312 Å². The molecule has 6 rings (SSSR count). The zero-order valence-corrected chi connectivity index (χ0v) is 34.0. The van der Waals surface area contributed by atoms with Gasteiger partial charge in [0.25, 0.3) is 0 Å². The van der Waals surface area contributed by atoms with Crippen LogP contribution in [0.5, 0.6) is 0 Å². The number of nitrogens with zero attached hydrogens (tertiary/aromatic N) is 2. The van der Waals surface area contributed by atoms with Gasteiger partial charge in [-0.1, -0.05) is 89.5 Å². The van der Waals surface area contributed by atoms with Gasteiger partial charge in [-0.3, -0.25) is 0 Å². The summed E-state index contributed by atoms with van der Waals surface area (Å²) in [6, 6.07) is 1.71. The molecule has 286 valence electrons. The fraction of sp³-hybridized carbons (Fsp3) is 0.917. The summed E-state index contributed by atoms with van der Waals surface area (Å²) in [6.07, 6.45) is 44.6. The van der Waals surface area contributed by atoms with E-state index in [1.807, 2.05) is 11.1 Å². The van der Waals surface area contributed by atoms with Gasteiger partial charge in [0.1, 0.15) is 0 Å². The van der Waals surface area contributed by atoms with Crippen molar-refractivity contribution in [3.8, 4) is 0 Å². The average Bonchev–Trinajstić information content (AvgIpc) is 3.19. The second-order valence-electron chi connectivity index (χ2n) is 18.8. The third-order valence-corrected chi connectivity index (χ3v) is 16.3. The first-order valence-electron chi connectivity index (χ1n) is 23.5. The van der Waals surface area contributed by atoms with Gasteiger partial charge in [-0.15, -0.1) is 0 Å². The van der Waals surface area contributed by atoms with Crippen molar-refractivity contribution in [3.63, 3.8) is 0 Å². The first-order chi connectivity index (χ1) is 24.6. The molecule has 0 N–H and O–H groups in total.